The second-order valence-electron chi connectivity index (χ2n) is 5.60. The first-order chi connectivity index (χ1) is 10.4. The molecule has 0 aromatic heterocycles. The van der Waals surface area contributed by atoms with Crippen molar-refractivity contribution in [2.24, 2.45) is 0 Å². The predicted molar refractivity (Wildman–Crippen MR) is 81.5 cm³/mol. The van der Waals surface area contributed by atoms with Crippen molar-refractivity contribution in [3.05, 3.63) is 23.2 Å². The molecule has 1 aromatic carbocycles. The van der Waals surface area contributed by atoms with Crippen molar-refractivity contribution in [1.29, 1.82) is 0 Å². The van der Waals surface area contributed by atoms with E-state index in [2.05, 4.69) is 4.72 Å². The van der Waals surface area contributed by atoms with Crippen LogP contribution < -0.4 is 9.46 Å². The Morgan fingerprint density at radius 2 is 2.09 bits per heavy atom. The van der Waals surface area contributed by atoms with Crippen LogP contribution in [0.5, 0.6) is 5.75 Å². The van der Waals surface area contributed by atoms with E-state index in [9.17, 15) is 13.2 Å². The highest BCUT2D eigenvalue weighted by Crippen LogP contribution is 2.31. The molecule has 22 heavy (non-hydrogen) atoms. The minimum atomic E-state index is -3.71. The number of nitrogens with one attached hydrogen (secondary N) is 1. The summed E-state index contributed by atoms with van der Waals surface area (Å²) in [6.07, 6.45) is 2.23. The number of hydrogen-bond donors (Lipinski definition) is 1. The largest absolute Gasteiger partial charge is 0.495 e. The van der Waals surface area contributed by atoms with Gasteiger partial charge in [-0.3, -0.25) is 4.79 Å². The molecule has 0 bridgehead atoms. The van der Waals surface area contributed by atoms with E-state index in [0.717, 1.165) is 12.8 Å². The summed E-state index contributed by atoms with van der Waals surface area (Å²) in [5.41, 5.74) is 0. The van der Waals surface area contributed by atoms with Gasteiger partial charge in [-0.15, -0.1) is 0 Å². The molecule has 1 heterocycles. The minimum Gasteiger partial charge on any atom is -0.495 e. The lowest BCUT2D eigenvalue weighted by molar-refractivity contribution is -0.128. The van der Waals surface area contributed by atoms with E-state index in [1.54, 1.807) is 4.90 Å². The summed E-state index contributed by atoms with van der Waals surface area (Å²) < 4.78 is 32.4. The summed E-state index contributed by atoms with van der Waals surface area (Å²) >= 11 is 5.97. The van der Waals surface area contributed by atoms with Crippen LogP contribution in [0.4, 0.5) is 0 Å². The molecular formula is C14H17ClN2O4S. The first-order valence-electron chi connectivity index (χ1n) is 7.06. The molecule has 1 saturated heterocycles. The quantitative estimate of drug-likeness (QED) is 0.875. The summed E-state index contributed by atoms with van der Waals surface area (Å²) in [5.74, 6) is 0.430. The molecule has 1 aliphatic carbocycles. The molecule has 2 aliphatic rings. The van der Waals surface area contributed by atoms with E-state index in [-0.39, 0.29) is 28.3 Å². The molecule has 0 radical (unpaired) electrons. The highest BCUT2D eigenvalue weighted by Gasteiger charge is 2.40. The maximum absolute atomic E-state index is 12.4. The highest BCUT2D eigenvalue weighted by atomic mass is 35.5. The number of rotatable bonds is 5. The zero-order chi connectivity index (χ0) is 15.9. The molecule has 1 aliphatic heterocycles. The fourth-order valence-electron chi connectivity index (χ4n) is 2.65. The second-order valence-corrected chi connectivity index (χ2v) is 7.72. The van der Waals surface area contributed by atoms with Gasteiger partial charge in [0.2, 0.25) is 15.9 Å². The van der Waals surface area contributed by atoms with Crippen LogP contribution in [0.25, 0.3) is 0 Å². The summed E-state index contributed by atoms with van der Waals surface area (Å²) in [6.45, 7) is 0.437. The van der Waals surface area contributed by atoms with Crippen LogP contribution in [0.3, 0.4) is 0 Å². The van der Waals surface area contributed by atoms with Crippen molar-refractivity contribution in [3.8, 4) is 5.75 Å². The van der Waals surface area contributed by atoms with Crippen molar-refractivity contribution >= 4 is 27.5 Å². The molecule has 1 aromatic rings. The van der Waals surface area contributed by atoms with Crippen molar-refractivity contribution < 1.29 is 17.9 Å². The van der Waals surface area contributed by atoms with Gasteiger partial charge in [-0.05, 0) is 31.0 Å². The van der Waals surface area contributed by atoms with Crippen LogP contribution in [-0.2, 0) is 14.8 Å². The lowest BCUT2D eigenvalue weighted by atomic mass is 10.3. The molecule has 0 spiro atoms. The zero-order valence-electron chi connectivity index (χ0n) is 12.1. The van der Waals surface area contributed by atoms with E-state index < -0.39 is 10.0 Å². The Hall–Kier alpha value is -1.31. The molecule has 6 nitrogen and oxygen atoms in total. The molecule has 1 saturated carbocycles. The number of carbonyl (C=O) groups is 1. The Bertz CT molecular complexity index is 703. The standard InChI is InChI=1S/C14H17ClN2O4S/c1-21-13-5-4-11(7-12(13)15)22(19,20)16-9-6-14(18)17(8-9)10-2-3-10/h4-5,7,9-10,16H,2-3,6,8H2,1H3. The number of likely N-dealkylation sites (tertiary alicyclic amines) is 1. The SMILES string of the molecule is COc1ccc(S(=O)(=O)NC2CC(=O)N(C3CC3)C2)cc1Cl. The van der Waals surface area contributed by atoms with Gasteiger partial charge in [0.25, 0.3) is 0 Å². The maximum atomic E-state index is 12.4. The summed E-state index contributed by atoms with van der Waals surface area (Å²) in [4.78, 5) is 13.7. The van der Waals surface area contributed by atoms with Gasteiger partial charge in [0.05, 0.1) is 17.0 Å². The summed E-state index contributed by atoms with van der Waals surface area (Å²) in [5, 5.41) is 0.229. The van der Waals surface area contributed by atoms with E-state index in [4.69, 9.17) is 16.3 Å². The maximum Gasteiger partial charge on any atom is 0.240 e. The van der Waals surface area contributed by atoms with Gasteiger partial charge in [0.15, 0.2) is 0 Å². The number of nitrogens with zero attached hydrogens (tertiary/aromatic N) is 1. The Kier molecular flexibility index (Phi) is 4.05. The summed E-state index contributed by atoms with van der Waals surface area (Å²) in [6, 6.07) is 4.20. The van der Waals surface area contributed by atoms with Crippen molar-refractivity contribution in [2.45, 2.75) is 36.2 Å². The fraction of sp³-hybridized carbons (Fsp3) is 0.500. The number of halogens is 1. The van der Waals surface area contributed by atoms with Crippen LogP contribution >= 0.6 is 11.6 Å². The molecule has 3 rings (SSSR count). The van der Waals surface area contributed by atoms with Gasteiger partial charge in [-0.1, -0.05) is 11.6 Å². The first kappa shape index (κ1) is 15.6. The summed E-state index contributed by atoms with van der Waals surface area (Å²) in [7, 11) is -2.25. The molecule has 1 atom stereocenters. The van der Waals surface area contributed by atoms with Crippen LogP contribution in [0.1, 0.15) is 19.3 Å². The van der Waals surface area contributed by atoms with Crippen LogP contribution in [-0.4, -0.2) is 45.0 Å². The van der Waals surface area contributed by atoms with Gasteiger partial charge in [-0.2, -0.15) is 0 Å². The number of methoxy groups -OCH3 is 1. The second kappa shape index (κ2) is 5.72. The molecule has 1 N–H and O–H groups in total. The van der Waals surface area contributed by atoms with Crippen molar-refractivity contribution in [1.82, 2.24) is 9.62 Å². The average molecular weight is 345 g/mol. The number of sulfonamides is 1. The molecule has 8 heteroatoms. The monoisotopic (exact) mass is 344 g/mol. The molecule has 120 valence electrons. The van der Waals surface area contributed by atoms with Crippen LogP contribution in [0, 0.1) is 0 Å². The van der Waals surface area contributed by atoms with Gasteiger partial charge in [0, 0.05) is 25.0 Å². The van der Waals surface area contributed by atoms with Gasteiger partial charge in [-0.25, -0.2) is 13.1 Å². The molecule has 1 unspecified atom stereocenters. The van der Waals surface area contributed by atoms with Gasteiger partial charge in [0.1, 0.15) is 5.75 Å². The Morgan fingerprint density at radius 1 is 1.36 bits per heavy atom. The number of benzene rings is 1. The highest BCUT2D eigenvalue weighted by molar-refractivity contribution is 7.89. The van der Waals surface area contributed by atoms with Crippen LogP contribution in [0.15, 0.2) is 23.1 Å². The van der Waals surface area contributed by atoms with Gasteiger partial charge < -0.3 is 9.64 Å². The number of ether oxygens (including phenoxy) is 1. The number of hydrogen-bond acceptors (Lipinski definition) is 4. The molecule has 2 fully saturated rings. The normalized spacial score (nSPS) is 22.2. The third-order valence-electron chi connectivity index (χ3n) is 3.90. The number of amides is 1. The molecule has 1 amide bonds. The van der Waals surface area contributed by atoms with Crippen LogP contribution in [0.2, 0.25) is 5.02 Å². The van der Waals surface area contributed by atoms with E-state index in [0.29, 0.717) is 18.3 Å². The number of carbonyl (C=O) groups excluding carboxylic acids is 1. The average Bonchev–Trinajstić information content (AvgIpc) is 3.23. The minimum absolute atomic E-state index is 0.0166. The van der Waals surface area contributed by atoms with E-state index in [1.807, 2.05) is 0 Å². The lowest BCUT2D eigenvalue weighted by Crippen LogP contribution is -2.37. The van der Waals surface area contributed by atoms with Crippen molar-refractivity contribution in [3.63, 3.8) is 0 Å². The predicted octanol–water partition coefficient (Wildman–Crippen LogP) is 1.39. The lowest BCUT2D eigenvalue weighted by Gasteiger charge is -2.16. The third kappa shape index (κ3) is 3.06. The Balaban J connectivity index is 1.73. The van der Waals surface area contributed by atoms with Gasteiger partial charge >= 0.3 is 0 Å². The smallest absolute Gasteiger partial charge is 0.240 e. The van der Waals surface area contributed by atoms with E-state index >= 15 is 0 Å². The molecular weight excluding hydrogens is 328 g/mol. The Labute approximate surface area is 134 Å². The topological polar surface area (TPSA) is 75.7 Å². The van der Waals surface area contributed by atoms with E-state index in [1.165, 1.54) is 25.3 Å². The Morgan fingerprint density at radius 3 is 2.68 bits per heavy atom. The van der Waals surface area contributed by atoms with Crippen molar-refractivity contribution in [2.75, 3.05) is 13.7 Å². The first-order valence-corrected chi connectivity index (χ1v) is 8.92. The fourth-order valence-corrected chi connectivity index (χ4v) is 4.23. The zero-order valence-corrected chi connectivity index (χ0v) is 13.7. The third-order valence-corrected chi connectivity index (χ3v) is 5.72.